The van der Waals surface area contributed by atoms with E-state index in [0.717, 1.165) is 30.5 Å². The summed E-state index contributed by atoms with van der Waals surface area (Å²) in [4.78, 5) is 23.9. The SMILES string of the molecule is CC(=O)Nc1cccc(CC2NC(=O)C3c4ccccc4CCC23)c1. The quantitative estimate of drug-likeness (QED) is 0.906. The lowest BCUT2D eigenvalue weighted by Gasteiger charge is -2.29. The first-order valence-electron chi connectivity index (χ1n) is 8.86. The van der Waals surface area contributed by atoms with Crippen LogP contribution in [0.25, 0.3) is 0 Å². The second-order valence-corrected chi connectivity index (χ2v) is 7.08. The van der Waals surface area contributed by atoms with Crippen LogP contribution in [0.1, 0.15) is 36.0 Å². The number of rotatable bonds is 3. The molecule has 4 heteroatoms. The van der Waals surface area contributed by atoms with Gasteiger partial charge in [-0.05, 0) is 54.0 Å². The molecule has 3 atom stereocenters. The van der Waals surface area contributed by atoms with Gasteiger partial charge in [0.15, 0.2) is 0 Å². The summed E-state index contributed by atoms with van der Waals surface area (Å²) >= 11 is 0. The van der Waals surface area contributed by atoms with E-state index in [4.69, 9.17) is 0 Å². The maximum atomic E-state index is 12.6. The van der Waals surface area contributed by atoms with Gasteiger partial charge in [-0.15, -0.1) is 0 Å². The first kappa shape index (κ1) is 15.9. The molecule has 1 aliphatic heterocycles. The predicted molar refractivity (Wildman–Crippen MR) is 97.4 cm³/mol. The number of carbonyl (C=O) groups excluding carboxylic acids is 2. The summed E-state index contributed by atoms with van der Waals surface area (Å²) in [5.74, 6) is 0.399. The molecule has 1 fully saturated rings. The Morgan fingerprint density at radius 3 is 2.88 bits per heavy atom. The van der Waals surface area contributed by atoms with Crippen molar-refractivity contribution >= 4 is 17.5 Å². The molecule has 1 heterocycles. The van der Waals surface area contributed by atoms with Crippen LogP contribution in [0.3, 0.4) is 0 Å². The van der Waals surface area contributed by atoms with E-state index in [9.17, 15) is 9.59 Å². The molecule has 0 spiro atoms. The van der Waals surface area contributed by atoms with E-state index in [1.807, 2.05) is 24.3 Å². The van der Waals surface area contributed by atoms with Crippen LogP contribution in [0.15, 0.2) is 48.5 Å². The molecule has 0 radical (unpaired) electrons. The topological polar surface area (TPSA) is 58.2 Å². The third kappa shape index (κ3) is 3.04. The lowest BCUT2D eigenvalue weighted by Crippen LogP contribution is -2.31. The largest absolute Gasteiger partial charge is 0.352 e. The second-order valence-electron chi connectivity index (χ2n) is 7.08. The highest BCUT2D eigenvalue weighted by Crippen LogP contribution is 2.42. The van der Waals surface area contributed by atoms with Crippen LogP contribution in [0.4, 0.5) is 5.69 Å². The Morgan fingerprint density at radius 2 is 2.04 bits per heavy atom. The Kier molecular flexibility index (Phi) is 4.04. The third-order valence-corrected chi connectivity index (χ3v) is 5.40. The van der Waals surface area contributed by atoms with Gasteiger partial charge in [0.25, 0.3) is 0 Å². The smallest absolute Gasteiger partial charge is 0.228 e. The number of benzene rings is 2. The number of carbonyl (C=O) groups is 2. The van der Waals surface area contributed by atoms with Gasteiger partial charge in [0.2, 0.25) is 11.8 Å². The van der Waals surface area contributed by atoms with Crippen molar-refractivity contribution in [2.75, 3.05) is 5.32 Å². The van der Waals surface area contributed by atoms with Crippen molar-refractivity contribution in [3.05, 3.63) is 65.2 Å². The van der Waals surface area contributed by atoms with Gasteiger partial charge < -0.3 is 10.6 Å². The third-order valence-electron chi connectivity index (χ3n) is 5.40. The van der Waals surface area contributed by atoms with E-state index < -0.39 is 0 Å². The van der Waals surface area contributed by atoms with E-state index in [1.165, 1.54) is 18.1 Å². The fraction of sp³-hybridized carbons (Fsp3) is 0.333. The molecule has 2 N–H and O–H groups in total. The molecule has 2 aliphatic rings. The molecule has 25 heavy (non-hydrogen) atoms. The molecule has 2 aromatic carbocycles. The van der Waals surface area contributed by atoms with Crippen molar-refractivity contribution in [2.45, 2.75) is 38.1 Å². The number of amides is 2. The van der Waals surface area contributed by atoms with Gasteiger partial charge in [0.05, 0.1) is 5.92 Å². The van der Waals surface area contributed by atoms with Gasteiger partial charge in [0.1, 0.15) is 0 Å². The van der Waals surface area contributed by atoms with Crippen LogP contribution in [0.2, 0.25) is 0 Å². The summed E-state index contributed by atoms with van der Waals surface area (Å²) in [6.45, 7) is 1.51. The molecule has 3 unspecified atom stereocenters. The Hall–Kier alpha value is -2.62. The number of nitrogens with one attached hydrogen (secondary N) is 2. The number of fused-ring (bicyclic) bond motifs is 3. The zero-order valence-corrected chi connectivity index (χ0v) is 14.3. The van der Waals surface area contributed by atoms with E-state index in [1.54, 1.807) is 0 Å². The van der Waals surface area contributed by atoms with Crippen molar-refractivity contribution in [3.63, 3.8) is 0 Å². The minimum absolute atomic E-state index is 0.0199. The average Bonchev–Trinajstić information content (AvgIpc) is 2.91. The molecular weight excluding hydrogens is 312 g/mol. The molecular formula is C21H22N2O2. The Morgan fingerprint density at radius 1 is 1.20 bits per heavy atom. The van der Waals surface area contributed by atoms with E-state index in [-0.39, 0.29) is 23.8 Å². The summed E-state index contributed by atoms with van der Waals surface area (Å²) in [5, 5.41) is 6.04. The molecule has 2 aromatic rings. The molecule has 4 nitrogen and oxygen atoms in total. The normalized spacial score (nSPS) is 24.2. The summed E-state index contributed by atoms with van der Waals surface area (Å²) in [6.07, 6.45) is 2.87. The average molecular weight is 334 g/mol. The van der Waals surface area contributed by atoms with Gasteiger partial charge in [-0.3, -0.25) is 9.59 Å². The van der Waals surface area contributed by atoms with Crippen LogP contribution in [-0.2, 0) is 22.4 Å². The maximum absolute atomic E-state index is 12.6. The Bertz CT molecular complexity index is 830. The minimum atomic E-state index is -0.0738. The van der Waals surface area contributed by atoms with Crippen LogP contribution < -0.4 is 10.6 Å². The fourth-order valence-corrected chi connectivity index (χ4v) is 4.37. The summed E-state index contributed by atoms with van der Waals surface area (Å²) < 4.78 is 0. The van der Waals surface area contributed by atoms with Gasteiger partial charge in [-0.25, -0.2) is 0 Å². The molecule has 1 aliphatic carbocycles. The van der Waals surface area contributed by atoms with Crippen LogP contribution in [0.5, 0.6) is 0 Å². The maximum Gasteiger partial charge on any atom is 0.228 e. The van der Waals surface area contributed by atoms with E-state index >= 15 is 0 Å². The zero-order chi connectivity index (χ0) is 17.4. The molecule has 4 rings (SSSR count). The van der Waals surface area contributed by atoms with E-state index in [0.29, 0.717) is 5.92 Å². The van der Waals surface area contributed by atoms with Crippen molar-refractivity contribution in [1.29, 1.82) is 0 Å². The van der Waals surface area contributed by atoms with Crippen molar-refractivity contribution in [3.8, 4) is 0 Å². The monoisotopic (exact) mass is 334 g/mol. The zero-order valence-electron chi connectivity index (χ0n) is 14.3. The highest BCUT2D eigenvalue weighted by molar-refractivity contribution is 5.89. The summed E-state index contributed by atoms with van der Waals surface area (Å²) in [5.41, 5.74) is 4.45. The first-order chi connectivity index (χ1) is 12.1. The summed E-state index contributed by atoms with van der Waals surface area (Å²) in [7, 11) is 0. The van der Waals surface area contributed by atoms with Crippen molar-refractivity contribution in [2.24, 2.45) is 5.92 Å². The fourth-order valence-electron chi connectivity index (χ4n) is 4.37. The standard InChI is InChI=1S/C21H22N2O2/c1-13(24)22-16-7-4-5-14(11-16)12-19-18-10-9-15-6-2-3-8-17(15)20(18)21(25)23-19/h2-8,11,18-20H,9-10,12H2,1H3,(H,22,24)(H,23,25). The predicted octanol–water partition coefficient (Wildman–Crippen LogP) is 3.03. The van der Waals surface area contributed by atoms with Crippen molar-refractivity contribution in [1.82, 2.24) is 5.32 Å². The Labute approximate surface area is 147 Å². The van der Waals surface area contributed by atoms with Crippen LogP contribution in [-0.4, -0.2) is 17.9 Å². The molecule has 2 amide bonds. The van der Waals surface area contributed by atoms with Crippen molar-refractivity contribution < 1.29 is 9.59 Å². The van der Waals surface area contributed by atoms with E-state index in [2.05, 4.69) is 34.9 Å². The highest BCUT2D eigenvalue weighted by atomic mass is 16.2. The number of aryl methyl sites for hydroxylation is 1. The second kappa shape index (κ2) is 6.36. The number of hydrogen-bond donors (Lipinski definition) is 2. The molecule has 0 saturated carbocycles. The van der Waals surface area contributed by atoms with Gasteiger partial charge in [-0.2, -0.15) is 0 Å². The molecule has 0 bridgehead atoms. The lowest BCUT2D eigenvalue weighted by atomic mass is 9.73. The Balaban J connectivity index is 1.56. The van der Waals surface area contributed by atoms with Gasteiger partial charge in [0, 0.05) is 18.7 Å². The van der Waals surface area contributed by atoms with Gasteiger partial charge in [-0.1, -0.05) is 36.4 Å². The molecule has 128 valence electrons. The first-order valence-corrected chi connectivity index (χ1v) is 8.86. The number of anilines is 1. The van der Waals surface area contributed by atoms with Crippen LogP contribution >= 0.6 is 0 Å². The number of hydrogen-bond acceptors (Lipinski definition) is 2. The summed E-state index contributed by atoms with van der Waals surface area (Å²) in [6, 6.07) is 16.4. The van der Waals surface area contributed by atoms with Crippen LogP contribution in [0, 0.1) is 5.92 Å². The van der Waals surface area contributed by atoms with Gasteiger partial charge >= 0.3 is 0 Å². The minimum Gasteiger partial charge on any atom is -0.352 e. The highest BCUT2D eigenvalue weighted by Gasteiger charge is 2.45. The molecule has 1 saturated heterocycles. The molecule has 0 aromatic heterocycles. The lowest BCUT2D eigenvalue weighted by molar-refractivity contribution is -0.121.